The first kappa shape index (κ1) is 18.1. The van der Waals surface area contributed by atoms with Crippen LogP contribution in [-0.2, 0) is 9.53 Å². The van der Waals surface area contributed by atoms with E-state index >= 15 is 0 Å². The zero-order chi connectivity index (χ0) is 19.1. The van der Waals surface area contributed by atoms with Gasteiger partial charge in [0.2, 0.25) is 0 Å². The van der Waals surface area contributed by atoms with Crippen LogP contribution < -0.4 is 10.1 Å². The van der Waals surface area contributed by atoms with E-state index in [0.717, 1.165) is 0 Å². The molecule has 138 valence electrons. The lowest BCUT2D eigenvalue weighted by molar-refractivity contribution is -0.119. The van der Waals surface area contributed by atoms with Gasteiger partial charge in [-0.25, -0.2) is 9.48 Å². The standard InChI is InChI=1S/C18H17N5O4/c1-2-26-16-6-4-3-5-15(16)20-17(24)11-27-18(25)13-7-9-14(10-8-13)23-12-19-21-22-23/h3-10,12H,2,11H2,1H3,(H,20,24). The highest BCUT2D eigenvalue weighted by molar-refractivity contribution is 5.96. The molecule has 0 unspecified atom stereocenters. The van der Waals surface area contributed by atoms with Crippen molar-refractivity contribution in [1.29, 1.82) is 0 Å². The minimum Gasteiger partial charge on any atom is -0.492 e. The number of nitrogens with zero attached hydrogens (tertiary/aromatic N) is 4. The number of para-hydroxylation sites is 2. The number of rotatable bonds is 7. The lowest BCUT2D eigenvalue weighted by Crippen LogP contribution is -2.21. The van der Waals surface area contributed by atoms with Crippen molar-refractivity contribution < 1.29 is 19.1 Å². The van der Waals surface area contributed by atoms with E-state index in [4.69, 9.17) is 9.47 Å². The van der Waals surface area contributed by atoms with E-state index in [2.05, 4.69) is 20.8 Å². The molecule has 0 aliphatic rings. The number of nitrogens with one attached hydrogen (secondary N) is 1. The highest BCUT2D eigenvalue weighted by Gasteiger charge is 2.12. The van der Waals surface area contributed by atoms with Crippen LogP contribution in [0.4, 0.5) is 5.69 Å². The summed E-state index contributed by atoms with van der Waals surface area (Å²) in [5.41, 5.74) is 1.53. The Kier molecular flexibility index (Phi) is 5.73. The maximum atomic E-state index is 12.1. The molecule has 1 amide bonds. The van der Waals surface area contributed by atoms with Gasteiger partial charge < -0.3 is 14.8 Å². The summed E-state index contributed by atoms with van der Waals surface area (Å²) in [6.07, 6.45) is 1.44. The summed E-state index contributed by atoms with van der Waals surface area (Å²) in [7, 11) is 0. The van der Waals surface area contributed by atoms with Crippen LogP contribution in [0.5, 0.6) is 5.75 Å². The molecule has 0 saturated heterocycles. The molecule has 1 aromatic heterocycles. The Morgan fingerprint density at radius 1 is 1.11 bits per heavy atom. The first-order valence-corrected chi connectivity index (χ1v) is 8.19. The van der Waals surface area contributed by atoms with Crippen molar-refractivity contribution in [2.45, 2.75) is 6.92 Å². The number of tetrazole rings is 1. The number of amides is 1. The summed E-state index contributed by atoms with van der Waals surface area (Å²) in [5.74, 6) is -0.509. The zero-order valence-corrected chi connectivity index (χ0v) is 14.5. The van der Waals surface area contributed by atoms with E-state index in [0.29, 0.717) is 29.3 Å². The Bertz CT molecular complexity index is 910. The molecule has 0 bridgehead atoms. The van der Waals surface area contributed by atoms with Gasteiger partial charge >= 0.3 is 5.97 Å². The van der Waals surface area contributed by atoms with Gasteiger partial charge in [-0.15, -0.1) is 5.10 Å². The molecule has 3 rings (SSSR count). The Morgan fingerprint density at radius 2 is 1.89 bits per heavy atom. The molecule has 0 aliphatic carbocycles. The second kappa shape index (κ2) is 8.56. The fourth-order valence-electron chi connectivity index (χ4n) is 2.28. The van der Waals surface area contributed by atoms with Crippen LogP contribution in [-0.4, -0.2) is 45.3 Å². The maximum absolute atomic E-state index is 12.1. The first-order chi connectivity index (χ1) is 13.2. The van der Waals surface area contributed by atoms with Crippen molar-refractivity contribution in [2.75, 3.05) is 18.5 Å². The highest BCUT2D eigenvalue weighted by atomic mass is 16.5. The molecule has 3 aromatic rings. The third kappa shape index (κ3) is 4.66. The third-order valence-electron chi connectivity index (χ3n) is 3.51. The van der Waals surface area contributed by atoms with Crippen molar-refractivity contribution in [2.24, 2.45) is 0 Å². The summed E-state index contributed by atoms with van der Waals surface area (Å²) in [6.45, 7) is 1.92. The van der Waals surface area contributed by atoms with Gasteiger partial charge in [-0.2, -0.15) is 0 Å². The van der Waals surface area contributed by atoms with Crippen molar-refractivity contribution in [3.63, 3.8) is 0 Å². The van der Waals surface area contributed by atoms with Gasteiger partial charge in [-0.3, -0.25) is 4.79 Å². The fraction of sp³-hybridized carbons (Fsp3) is 0.167. The minimum absolute atomic E-state index is 0.314. The SMILES string of the molecule is CCOc1ccccc1NC(=O)COC(=O)c1ccc(-n2cnnn2)cc1. The molecule has 1 heterocycles. The topological polar surface area (TPSA) is 108 Å². The van der Waals surface area contributed by atoms with Gasteiger partial charge in [0.25, 0.3) is 5.91 Å². The maximum Gasteiger partial charge on any atom is 0.338 e. The highest BCUT2D eigenvalue weighted by Crippen LogP contribution is 2.23. The van der Waals surface area contributed by atoms with E-state index < -0.39 is 18.5 Å². The summed E-state index contributed by atoms with van der Waals surface area (Å²) in [6, 6.07) is 13.5. The van der Waals surface area contributed by atoms with Crippen LogP contribution in [0.3, 0.4) is 0 Å². The van der Waals surface area contributed by atoms with Crippen molar-refractivity contribution in [1.82, 2.24) is 20.2 Å². The van der Waals surface area contributed by atoms with E-state index in [1.807, 2.05) is 6.92 Å². The third-order valence-corrected chi connectivity index (χ3v) is 3.51. The molecular formula is C18H17N5O4. The largest absolute Gasteiger partial charge is 0.492 e. The van der Waals surface area contributed by atoms with Gasteiger partial charge in [-0.05, 0) is 53.7 Å². The molecule has 0 atom stereocenters. The molecule has 0 aliphatic heterocycles. The van der Waals surface area contributed by atoms with Crippen LogP contribution in [0.15, 0.2) is 54.9 Å². The normalized spacial score (nSPS) is 10.3. The summed E-state index contributed by atoms with van der Waals surface area (Å²) in [4.78, 5) is 24.1. The Balaban J connectivity index is 1.55. The molecule has 9 nitrogen and oxygen atoms in total. The number of hydrogen-bond donors (Lipinski definition) is 1. The molecule has 0 fully saturated rings. The van der Waals surface area contributed by atoms with E-state index in [9.17, 15) is 9.59 Å². The Labute approximate surface area is 154 Å². The lowest BCUT2D eigenvalue weighted by atomic mass is 10.2. The predicted molar refractivity (Wildman–Crippen MR) is 95.7 cm³/mol. The second-order valence-corrected chi connectivity index (χ2v) is 5.35. The van der Waals surface area contributed by atoms with Crippen LogP contribution in [0.1, 0.15) is 17.3 Å². The molecule has 0 saturated carbocycles. The molecule has 1 N–H and O–H groups in total. The van der Waals surface area contributed by atoms with E-state index in [1.54, 1.807) is 48.5 Å². The molecule has 9 heteroatoms. The quantitative estimate of drug-likeness (QED) is 0.635. The van der Waals surface area contributed by atoms with E-state index in [1.165, 1.54) is 11.0 Å². The van der Waals surface area contributed by atoms with Gasteiger partial charge in [0.15, 0.2) is 6.61 Å². The Morgan fingerprint density at radius 3 is 2.59 bits per heavy atom. The number of benzene rings is 2. The summed E-state index contributed by atoms with van der Waals surface area (Å²) < 4.78 is 11.9. The first-order valence-electron chi connectivity index (χ1n) is 8.19. The van der Waals surface area contributed by atoms with Gasteiger partial charge in [-0.1, -0.05) is 12.1 Å². The van der Waals surface area contributed by atoms with Gasteiger partial charge in [0, 0.05) is 0 Å². The Hall–Kier alpha value is -3.75. The number of carbonyl (C=O) groups excluding carboxylic acids is 2. The molecule has 0 radical (unpaired) electrons. The monoisotopic (exact) mass is 367 g/mol. The van der Waals surface area contributed by atoms with Crippen LogP contribution >= 0.6 is 0 Å². The number of carbonyl (C=O) groups is 2. The number of hydrogen-bond acceptors (Lipinski definition) is 7. The number of aromatic nitrogens is 4. The van der Waals surface area contributed by atoms with Crippen LogP contribution in [0, 0.1) is 0 Å². The molecule has 0 spiro atoms. The fourth-order valence-corrected chi connectivity index (χ4v) is 2.28. The van der Waals surface area contributed by atoms with Crippen molar-refractivity contribution in [3.8, 4) is 11.4 Å². The number of anilines is 1. The average Bonchev–Trinajstić information content (AvgIpc) is 3.23. The van der Waals surface area contributed by atoms with Gasteiger partial charge in [0.1, 0.15) is 12.1 Å². The van der Waals surface area contributed by atoms with Crippen LogP contribution in [0.2, 0.25) is 0 Å². The van der Waals surface area contributed by atoms with Crippen molar-refractivity contribution >= 4 is 17.6 Å². The smallest absolute Gasteiger partial charge is 0.338 e. The average molecular weight is 367 g/mol. The molecular weight excluding hydrogens is 350 g/mol. The molecule has 2 aromatic carbocycles. The number of ether oxygens (including phenoxy) is 2. The van der Waals surface area contributed by atoms with Crippen LogP contribution in [0.25, 0.3) is 5.69 Å². The second-order valence-electron chi connectivity index (χ2n) is 5.35. The lowest BCUT2D eigenvalue weighted by Gasteiger charge is -2.11. The number of esters is 1. The predicted octanol–water partition coefficient (Wildman–Crippen LogP) is 1.86. The van der Waals surface area contributed by atoms with Gasteiger partial charge in [0.05, 0.1) is 23.5 Å². The summed E-state index contributed by atoms with van der Waals surface area (Å²) >= 11 is 0. The molecule has 27 heavy (non-hydrogen) atoms. The summed E-state index contributed by atoms with van der Waals surface area (Å²) in [5, 5.41) is 13.5. The minimum atomic E-state index is -0.605. The van der Waals surface area contributed by atoms with E-state index in [-0.39, 0.29) is 0 Å². The zero-order valence-electron chi connectivity index (χ0n) is 14.5. The van der Waals surface area contributed by atoms with Crippen molar-refractivity contribution in [3.05, 3.63) is 60.4 Å².